The minimum absolute atomic E-state index is 0.807. The van der Waals surface area contributed by atoms with Crippen LogP contribution in [0.5, 0.6) is 0 Å². The van der Waals surface area contributed by atoms with Crippen molar-refractivity contribution in [1.29, 1.82) is 0 Å². The summed E-state index contributed by atoms with van der Waals surface area (Å²) in [5.74, 6) is 1.79. The van der Waals surface area contributed by atoms with Crippen LogP contribution in [0.2, 0.25) is 0 Å². The number of anilines is 2. The number of rotatable bonds is 5. The van der Waals surface area contributed by atoms with Crippen LogP contribution in [0.25, 0.3) is 0 Å². The van der Waals surface area contributed by atoms with Crippen molar-refractivity contribution in [3.05, 3.63) is 54.9 Å². The fourth-order valence-corrected chi connectivity index (χ4v) is 2.02. The van der Waals surface area contributed by atoms with E-state index in [1.54, 1.807) is 12.5 Å². The second-order valence-electron chi connectivity index (χ2n) is 4.54. The standard InChI is InChI=1S/C14H16N6/c1-19-11-16-18-13(19)7-9-20-10-8-15-14(20)17-12-5-3-2-4-6-12/h2-6,8,10-11H,7,9H2,1H3,(H,15,17). The Hall–Kier alpha value is -2.63. The maximum atomic E-state index is 4.34. The molecule has 0 aliphatic carbocycles. The summed E-state index contributed by atoms with van der Waals surface area (Å²) in [6.45, 7) is 0.807. The van der Waals surface area contributed by atoms with E-state index < -0.39 is 0 Å². The minimum atomic E-state index is 0.807. The van der Waals surface area contributed by atoms with Crippen molar-refractivity contribution in [2.24, 2.45) is 7.05 Å². The number of para-hydroxylation sites is 1. The van der Waals surface area contributed by atoms with Crippen molar-refractivity contribution < 1.29 is 0 Å². The largest absolute Gasteiger partial charge is 0.326 e. The number of aromatic nitrogens is 5. The van der Waals surface area contributed by atoms with Gasteiger partial charge in [0.2, 0.25) is 5.95 Å². The van der Waals surface area contributed by atoms with Crippen LogP contribution in [0.15, 0.2) is 49.1 Å². The molecule has 20 heavy (non-hydrogen) atoms. The zero-order valence-corrected chi connectivity index (χ0v) is 11.3. The number of benzene rings is 1. The molecule has 0 saturated carbocycles. The van der Waals surface area contributed by atoms with Crippen molar-refractivity contribution in [2.75, 3.05) is 5.32 Å². The first-order valence-electron chi connectivity index (χ1n) is 6.49. The van der Waals surface area contributed by atoms with Gasteiger partial charge in [-0.25, -0.2) is 4.98 Å². The first-order valence-corrected chi connectivity index (χ1v) is 6.49. The molecule has 0 aliphatic heterocycles. The van der Waals surface area contributed by atoms with Crippen LogP contribution < -0.4 is 5.32 Å². The number of hydrogen-bond acceptors (Lipinski definition) is 4. The monoisotopic (exact) mass is 268 g/mol. The van der Waals surface area contributed by atoms with E-state index >= 15 is 0 Å². The van der Waals surface area contributed by atoms with Crippen LogP contribution in [0.3, 0.4) is 0 Å². The normalized spacial score (nSPS) is 10.7. The highest BCUT2D eigenvalue weighted by Crippen LogP contribution is 2.14. The molecule has 0 bridgehead atoms. The smallest absolute Gasteiger partial charge is 0.207 e. The quantitative estimate of drug-likeness (QED) is 0.769. The molecule has 6 nitrogen and oxygen atoms in total. The second kappa shape index (κ2) is 5.56. The topological polar surface area (TPSA) is 60.6 Å². The van der Waals surface area contributed by atoms with Gasteiger partial charge in [-0.2, -0.15) is 0 Å². The lowest BCUT2D eigenvalue weighted by atomic mass is 10.3. The predicted octanol–water partition coefficient (Wildman–Crippen LogP) is 2.00. The first-order chi connectivity index (χ1) is 9.83. The molecule has 6 heteroatoms. The van der Waals surface area contributed by atoms with Gasteiger partial charge in [0.1, 0.15) is 12.2 Å². The molecule has 3 aromatic rings. The molecule has 102 valence electrons. The average Bonchev–Trinajstić information content (AvgIpc) is 3.07. The van der Waals surface area contributed by atoms with Crippen LogP contribution in [-0.2, 0) is 20.0 Å². The Kier molecular flexibility index (Phi) is 3.45. The van der Waals surface area contributed by atoms with Crippen molar-refractivity contribution in [3.63, 3.8) is 0 Å². The molecule has 0 unspecified atom stereocenters. The van der Waals surface area contributed by atoms with Crippen LogP contribution in [0.1, 0.15) is 5.82 Å². The summed E-state index contributed by atoms with van der Waals surface area (Å²) < 4.78 is 4.00. The van der Waals surface area contributed by atoms with Gasteiger partial charge < -0.3 is 14.5 Å². The summed E-state index contributed by atoms with van der Waals surface area (Å²) in [4.78, 5) is 4.34. The van der Waals surface area contributed by atoms with Crippen LogP contribution in [0, 0.1) is 0 Å². The Labute approximate surface area is 117 Å². The molecule has 0 aliphatic rings. The zero-order valence-electron chi connectivity index (χ0n) is 11.3. The number of aryl methyl sites for hydroxylation is 3. The summed E-state index contributed by atoms with van der Waals surface area (Å²) in [5.41, 5.74) is 1.03. The predicted molar refractivity (Wildman–Crippen MR) is 76.7 cm³/mol. The van der Waals surface area contributed by atoms with Gasteiger partial charge in [0.05, 0.1) is 0 Å². The molecule has 0 atom stereocenters. The van der Waals surface area contributed by atoms with E-state index in [2.05, 4.69) is 25.1 Å². The SMILES string of the molecule is Cn1cnnc1CCn1ccnc1Nc1ccccc1. The van der Waals surface area contributed by atoms with Gasteiger partial charge in [0.15, 0.2) is 0 Å². The molecule has 1 aromatic carbocycles. The fraction of sp³-hybridized carbons (Fsp3) is 0.214. The molecule has 0 saturated heterocycles. The van der Waals surface area contributed by atoms with E-state index in [1.807, 2.05) is 48.1 Å². The van der Waals surface area contributed by atoms with E-state index in [-0.39, 0.29) is 0 Å². The maximum Gasteiger partial charge on any atom is 0.207 e. The molecule has 2 heterocycles. The Morgan fingerprint density at radius 1 is 1.20 bits per heavy atom. The number of hydrogen-bond donors (Lipinski definition) is 1. The molecule has 1 N–H and O–H groups in total. The molecule has 0 amide bonds. The number of imidazole rings is 1. The Bertz CT molecular complexity index is 670. The summed E-state index contributed by atoms with van der Waals surface area (Å²) in [6.07, 6.45) is 6.28. The minimum Gasteiger partial charge on any atom is -0.326 e. The fourth-order valence-electron chi connectivity index (χ4n) is 2.02. The van der Waals surface area contributed by atoms with Gasteiger partial charge in [-0.3, -0.25) is 0 Å². The molecule has 0 fully saturated rings. The highest BCUT2D eigenvalue weighted by molar-refractivity contribution is 5.52. The van der Waals surface area contributed by atoms with Crippen LogP contribution in [-0.4, -0.2) is 24.3 Å². The summed E-state index contributed by atoms with van der Waals surface area (Å²) in [5, 5.41) is 11.3. The molecule has 0 radical (unpaired) electrons. The van der Waals surface area contributed by atoms with Crippen molar-refractivity contribution in [1.82, 2.24) is 24.3 Å². The van der Waals surface area contributed by atoms with Gasteiger partial charge >= 0.3 is 0 Å². The molecule has 0 spiro atoms. The van der Waals surface area contributed by atoms with E-state index in [9.17, 15) is 0 Å². The van der Waals surface area contributed by atoms with E-state index in [4.69, 9.17) is 0 Å². The average molecular weight is 268 g/mol. The third-order valence-electron chi connectivity index (χ3n) is 3.13. The third-order valence-corrected chi connectivity index (χ3v) is 3.13. The third kappa shape index (κ3) is 2.69. The second-order valence-corrected chi connectivity index (χ2v) is 4.54. The molecular weight excluding hydrogens is 252 g/mol. The molecule has 2 aromatic heterocycles. The van der Waals surface area contributed by atoms with E-state index in [0.29, 0.717) is 0 Å². The zero-order chi connectivity index (χ0) is 13.8. The van der Waals surface area contributed by atoms with E-state index in [1.165, 1.54) is 0 Å². The van der Waals surface area contributed by atoms with Crippen molar-refractivity contribution >= 4 is 11.6 Å². The highest BCUT2D eigenvalue weighted by atomic mass is 15.3. The lowest BCUT2D eigenvalue weighted by molar-refractivity contribution is 0.654. The van der Waals surface area contributed by atoms with Gasteiger partial charge in [0.25, 0.3) is 0 Å². The van der Waals surface area contributed by atoms with Gasteiger partial charge in [-0.05, 0) is 12.1 Å². The molecule has 3 rings (SSSR count). The van der Waals surface area contributed by atoms with Gasteiger partial charge in [0, 0.05) is 38.1 Å². The Morgan fingerprint density at radius 3 is 2.80 bits per heavy atom. The van der Waals surface area contributed by atoms with Crippen molar-refractivity contribution in [3.8, 4) is 0 Å². The summed E-state index contributed by atoms with van der Waals surface area (Å²) >= 11 is 0. The lowest BCUT2D eigenvalue weighted by Crippen LogP contribution is -2.08. The summed E-state index contributed by atoms with van der Waals surface area (Å²) in [7, 11) is 1.95. The van der Waals surface area contributed by atoms with E-state index in [0.717, 1.165) is 30.4 Å². The van der Waals surface area contributed by atoms with Crippen molar-refractivity contribution in [2.45, 2.75) is 13.0 Å². The highest BCUT2D eigenvalue weighted by Gasteiger charge is 2.05. The summed E-state index contributed by atoms with van der Waals surface area (Å²) in [6, 6.07) is 10.0. The first kappa shape index (κ1) is 12.4. The Morgan fingerprint density at radius 2 is 2.05 bits per heavy atom. The lowest BCUT2D eigenvalue weighted by Gasteiger charge is -2.09. The number of nitrogens with one attached hydrogen (secondary N) is 1. The van der Waals surface area contributed by atoms with Crippen LogP contribution >= 0.6 is 0 Å². The van der Waals surface area contributed by atoms with Gasteiger partial charge in [-0.15, -0.1) is 10.2 Å². The Balaban J connectivity index is 1.69. The maximum absolute atomic E-state index is 4.34. The number of nitrogens with zero attached hydrogens (tertiary/aromatic N) is 5. The van der Waals surface area contributed by atoms with Gasteiger partial charge in [-0.1, -0.05) is 18.2 Å². The molecular formula is C14H16N6. The van der Waals surface area contributed by atoms with Crippen LogP contribution in [0.4, 0.5) is 11.6 Å².